The SMILES string of the molecule is COCCSc1ccccn1. The molecule has 2 nitrogen and oxygen atoms in total. The van der Waals surface area contributed by atoms with Crippen LogP contribution in [-0.4, -0.2) is 24.5 Å². The summed E-state index contributed by atoms with van der Waals surface area (Å²) in [5.74, 6) is 0.966. The summed E-state index contributed by atoms with van der Waals surface area (Å²) >= 11 is 1.71. The Labute approximate surface area is 71.0 Å². The van der Waals surface area contributed by atoms with Gasteiger partial charge in [0.05, 0.1) is 11.6 Å². The zero-order valence-electron chi connectivity index (χ0n) is 6.49. The maximum atomic E-state index is 4.91. The van der Waals surface area contributed by atoms with Crippen molar-refractivity contribution >= 4 is 11.8 Å². The van der Waals surface area contributed by atoms with E-state index in [-0.39, 0.29) is 0 Å². The van der Waals surface area contributed by atoms with E-state index in [2.05, 4.69) is 4.98 Å². The van der Waals surface area contributed by atoms with Crippen LogP contribution >= 0.6 is 11.8 Å². The van der Waals surface area contributed by atoms with Gasteiger partial charge in [0.2, 0.25) is 0 Å². The lowest BCUT2D eigenvalue weighted by molar-refractivity contribution is 0.218. The molecule has 1 aromatic heterocycles. The number of hydrogen-bond donors (Lipinski definition) is 0. The van der Waals surface area contributed by atoms with Crippen molar-refractivity contribution in [1.82, 2.24) is 4.98 Å². The number of thioether (sulfide) groups is 1. The summed E-state index contributed by atoms with van der Waals surface area (Å²) in [5.41, 5.74) is 0. The highest BCUT2D eigenvalue weighted by atomic mass is 32.2. The van der Waals surface area contributed by atoms with Gasteiger partial charge >= 0.3 is 0 Å². The van der Waals surface area contributed by atoms with Crippen molar-refractivity contribution in [3.8, 4) is 0 Å². The van der Waals surface area contributed by atoms with Gasteiger partial charge in [-0.3, -0.25) is 0 Å². The predicted molar refractivity (Wildman–Crippen MR) is 46.8 cm³/mol. The second-order valence-corrected chi connectivity index (χ2v) is 3.12. The van der Waals surface area contributed by atoms with Gasteiger partial charge in [-0.05, 0) is 12.1 Å². The van der Waals surface area contributed by atoms with Crippen LogP contribution in [0.4, 0.5) is 0 Å². The van der Waals surface area contributed by atoms with E-state index in [4.69, 9.17) is 4.74 Å². The first kappa shape index (κ1) is 8.56. The molecule has 0 saturated heterocycles. The zero-order chi connectivity index (χ0) is 7.94. The molecule has 0 aliphatic rings. The first-order valence-electron chi connectivity index (χ1n) is 3.46. The van der Waals surface area contributed by atoms with E-state index in [0.717, 1.165) is 17.4 Å². The number of methoxy groups -OCH3 is 1. The Morgan fingerprint density at radius 3 is 3.09 bits per heavy atom. The number of pyridine rings is 1. The summed E-state index contributed by atoms with van der Waals surface area (Å²) in [6.07, 6.45) is 1.80. The second-order valence-electron chi connectivity index (χ2n) is 2.01. The molecule has 0 bridgehead atoms. The van der Waals surface area contributed by atoms with Gasteiger partial charge in [0, 0.05) is 19.1 Å². The van der Waals surface area contributed by atoms with Gasteiger partial charge in [-0.15, -0.1) is 11.8 Å². The summed E-state index contributed by atoms with van der Waals surface area (Å²) in [6.45, 7) is 0.779. The van der Waals surface area contributed by atoms with Crippen molar-refractivity contribution in [3.63, 3.8) is 0 Å². The molecule has 0 aliphatic carbocycles. The minimum Gasteiger partial charge on any atom is -0.384 e. The maximum absolute atomic E-state index is 4.91. The van der Waals surface area contributed by atoms with Gasteiger partial charge < -0.3 is 4.74 Å². The average molecular weight is 169 g/mol. The van der Waals surface area contributed by atoms with E-state index in [1.807, 2.05) is 18.2 Å². The van der Waals surface area contributed by atoms with Crippen LogP contribution in [0, 0.1) is 0 Å². The van der Waals surface area contributed by atoms with Crippen molar-refractivity contribution < 1.29 is 4.74 Å². The summed E-state index contributed by atoms with van der Waals surface area (Å²) < 4.78 is 4.91. The van der Waals surface area contributed by atoms with Crippen LogP contribution in [0.5, 0.6) is 0 Å². The van der Waals surface area contributed by atoms with Crippen LogP contribution in [0.15, 0.2) is 29.4 Å². The highest BCUT2D eigenvalue weighted by Gasteiger charge is 1.91. The Kier molecular flexibility index (Phi) is 4.01. The zero-order valence-corrected chi connectivity index (χ0v) is 7.30. The van der Waals surface area contributed by atoms with Crippen molar-refractivity contribution in [2.75, 3.05) is 19.5 Å². The summed E-state index contributed by atoms with van der Waals surface area (Å²) in [4.78, 5) is 4.16. The van der Waals surface area contributed by atoms with Crippen LogP contribution in [-0.2, 0) is 4.74 Å². The monoisotopic (exact) mass is 169 g/mol. The summed E-state index contributed by atoms with van der Waals surface area (Å²) in [6, 6.07) is 5.91. The molecule has 1 aromatic rings. The molecule has 0 N–H and O–H groups in total. The van der Waals surface area contributed by atoms with E-state index in [9.17, 15) is 0 Å². The number of hydrogen-bond acceptors (Lipinski definition) is 3. The molecule has 0 unspecified atom stereocenters. The molecular weight excluding hydrogens is 158 g/mol. The number of ether oxygens (including phenoxy) is 1. The molecule has 0 atom stereocenters. The number of nitrogens with zero attached hydrogens (tertiary/aromatic N) is 1. The third-order valence-corrected chi connectivity index (χ3v) is 2.08. The molecule has 0 aromatic carbocycles. The normalized spacial score (nSPS) is 9.91. The van der Waals surface area contributed by atoms with E-state index >= 15 is 0 Å². The van der Waals surface area contributed by atoms with Crippen molar-refractivity contribution in [2.24, 2.45) is 0 Å². The lowest BCUT2D eigenvalue weighted by Gasteiger charge is -1.97. The molecule has 0 amide bonds. The topological polar surface area (TPSA) is 22.1 Å². The highest BCUT2D eigenvalue weighted by Crippen LogP contribution is 2.12. The van der Waals surface area contributed by atoms with Gasteiger partial charge in [0.25, 0.3) is 0 Å². The van der Waals surface area contributed by atoms with Crippen LogP contribution in [0.2, 0.25) is 0 Å². The number of aromatic nitrogens is 1. The molecule has 11 heavy (non-hydrogen) atoms. The van der Waals surface area contributed by atoms with Crippen LogP contribution in [0.3, 0.4) is 0 Å². The molecule has 0 aliphatic heterocycles. The average Bonchev–Trinajstić information content (AvgIpc) is 2.07. The van der Waals surface area contributed by atoms with Gasteiger partial charge in [-0.1, -0.05) is 6.07 Å². The van der Waals surface area contributed by atoms with Gasteiger partial charge in [-0.2, -0.15) is 0 Å². The highest BCUT2D eigenvalue weighted by molar-refractivity contribution is 7.99. The minimum absolute atomic E-state index is 0.779. The molecule has 3 heteroatoms. The standard InChI is InChI=1S/C8H11NOS/c1-10-6-7-11-8-4-2-3-5-9-8/h2-5H,6-7H2,1H3. The largest absolute Gasteiger partial charge is 0.384 e. The molecular formula is C8H11NOS. The molecule has 0 saturated carbocycles. The maximum Gasteiger partial charge on any atom is 0.0960 e. The van der Waals surface area contributed by atoms with Gasteiger partial charge in [-0.25, -0.2) is 4.98 Å². The fraction of sp³-hybridized carbons (Fsp3) is 0.375. The summed E-state index contributed by atoms with van der Waals surface area (Å²) in [5, 5.41) is 1.06. The van der Waals surface area contributed by atoms with E-state index in [0.29, 0.717) is 0 Å². The van der Waals surface area contributed by atoms with Gasteiger partial charge in [0.15, 0.2) is 0 Å². The van der Waals surface area contributed by atoms with E-state index < -0.39 is 0 Å². The van der Waals surface area contributed by atoms with E-state index in [1.54, 1.807) is 25.1 Å². The third-order valence-electron chi connectivity index (χ3n) is 1.18. The van der Waals surface area contributed by atoms with E-state index in [1.165, 1.54) is 0 Å². The Hall–Kier alpha value is -0.540. The summed E-state index contributed by atoms with van der Waals surface area (Å²) in [7, 11) is 1.71. The van der Waals surface area contributed by atoms with Gasteiger partial charge in [0.1, 0.15) is 0 Å². The van der Waals surface area contributed by atoms with Crippen molar-refractivity contribution in [3.05, 3.63) is 24.4 Å². The first-order chi connectivity index (χ1) is 5.43. The third kappa shape index (κ3) is 3.39. The lowest BCUT2D eigenvalue weighted by Crippen LogP contribution is -1.91. The Bertz CT molecular complexity index is 191. The molecule has 60 valence electrons. The molecule has 1 rings (SSSR count). The van der Waals surface area contributed by atoms with Crippen LogP contribution in [0.1, 0.15) is 0 Å². The Balaban J connectivity index is 2.28. The Morgan fingerprint density at radius 1 is 1.55 bits per heavy atom. The molecule has 0 radical (unpaired) electrons. The fourth-order valence-corrected chi connectivity index (χ4v) is 1.43. The number of rotatable bonds is 4. The molecule has 1 heterocycles. The van der Waals surface area contributed by atoms with Crippen LogP contribution in [0.25, 0.3) is 0 Å². The molecule has 0 spiro atoms. The molecule has 0 fully saturated rings. The minimum atomic E-state index is 0.779. The predicted octanol–water partition coefficient (Wildman–Crippen LogP) is 1.82. The van der Waals surface area contributed by atoms with Crippen LogP contribution < -0.4 is 0 Å². The quantitative estimate of drug-likeness (QED) is 0.507. The fourth-order valence-electron chi connectivity index (χ4n) is 0.662. The lowest BCUT2D eigenvalue weighted by atomic mass is 10.5. The smallest absolute Gasteiger partial charge is 0.0960 e. The first-order valence-corrected chi connectivity index (χ1v) is 4.45. The second kappa shape index (κ2) is 5.16. The van der Waals surface area contributed by atoms with Crippen molar-refractivity contribution in [1.29, 1.82) is 0 Å². The van der Waals surface area contributed by atoms with Crippen molar-refractivity contribution in [2.45, 2.75) is 5.03 Å². The Morgan fingerprint density at radius 2 is 2.45 bits per heavy atom.